The van der Waals surface area contributed by atoms with Gasteiger partial charge in [-0.1, -0.05) is 23.3 Å². The fraction of sp³-hybridized carbons (Fsp3) is 0.222. The molecule has 0 aliphatic heterocycles. The predicted octanol–water partition coefficient (Wildman–Crippen LogP) is 0.495. The Morgan fingerprint density at radius 2 is 2.20 bits per heavy atom. The van der Waals surface area contributed by atoms with Gasteiger partial charge in [0.25, 0.3) is 0 Å². The van der Waals surface area contributed by atoms with E-state index in [-0.39, 0.29) is 12.6 Å². The molecule has 0 fully saturated rings. The number of benzene rings is 1. The van der Waals surface area contributed by atoms with Crippen LogP contribution in [0.1, 0.15) is 5.56 Å². The molecule has 0 atom stereocenters. The number of aliphatic hydroxyl groups is 1. The van der Waals surface area contributed by atoms with Gasteiger partial charge >= 0.3 is 6.01 Å². The number of para-hydroxylation sites is 1. The van der Waals surface area contributed by atoms with Crippen LogP contribution in [-0.4, -0.2) is 25.3 Å². The molecule has 0 radical (unpaired) electrons. The zero-order valence-electron chi connectivity index (χ0n) is 8.16. The van der Waals surface area contributed by atoms with Crippen molar-refractivity contribution >= 4 is 0 Å². The molecule has 1 aromatic carbocycles. The fourth-order valence-electron chi connectivity index (χ4n) is 1.14. The van der Waals surface area contributed by atoms with E-state index in [1.807, 2.05) is 12.1 Å². The van der Waals surface area contributed by atoms with Crippen molar-refractivity contribution in [2.45, 2.75) is 6.61 Å². The summed E-state index contributed by atoms with van der Waals surface area (Å²) in [7, 11) is 1.68. The number of nitrogens with zero attached hydrogens (tertiary/aromatic N) is 4. The maximum atomic E-state index is 9.08. The second-order valence-electron chi connectivity index (χ2n) is 2.95. The molecule has 6 heteroatoms. The van der Waals surface area contributed by atoms with Crippen molar-refractivity contribution in [3.8, 4) is 11.8 Å². The van der Waals surface area contributed by atoms with Crippen molar-refractivity contribution in [1.29, 1.82) is 0 Å². The highest BCUT2D eigenvalue weighted by atomic mass is 16.5. The van der Waals surface area contributed by atoms with Crippen LogP contribution in [0, 0.1) is 0 Å². The number of hydrogen-bond donors (Lipinski definition) is 1. The first-order chi connectivity index (χ1) is 7.31. The Labute approximate surface area is 86.1 Å². The van der Waals surface area contributed by atoms with Gasteiger partial charge in [0.1, 0.15) is 5.75 Å². The van der Waals surface area contributed by atoms with E-state index in [1.165, 1.54) is 4.68 Å². The molecule has 0 aliphatic rings. The van der Waals surface area contributed by atoms with Crippen LogP contribution in [0.15, 0.2) is 24.3 Å². The van der Waals surface area contributed by atoms with Crippen molar-refractivity contribution in [3.63, 3.8) is 0 Å². The minimum absolute atomic E-state index is 0.0819. The molecule has 2 aromatic rings. The van der Waals surface area contributed by atoms with Gasteiger partial charge in [0.05, 0.1) is 6.61 Å². The molecule has 0 aliphatic carbocycles. The van der Waals surface area contributed by atoms with Crippen LogP contribution in [0.5, 0.6) is 11.8 Å². The van der Waals surface area contributed by atoms with Crippen molar-refractivity contribution in [3.05, 3.63) is 29.8 Å². The highest BCUT2D eigenvalue weighted by molar-refractivity contribution is 5.34. The van der Waals surface area contributed by atoms with E-state index in [1.54, 1.807) is 19.2 Å². The third-order valence-corrected chi connectivity index (χ3v) is 1.93. The number of rotatable bonds is 3. The molecule has 1 heterocycles. The number of aromatic nitrogens is 4. The van der Waals surface area contributed by atoms with Crippen molar-refractivity contribution in [2.75, 3.05) is 0 Å². The summed E-state index contributed by atoms with van der Waals surface area (Å²) in [6, 6.07) is 7.46. The predicted molar refractivity (Wildman–Crippen MR) is 51.2 cm³/mol. The molecule has 0 spiro atoms. The fourth-order valence-corrected chi connectivity index (χ4v) is 1.14. The van der Waals surface area contributed by atoms with Crippen molar-refractivity contribution in [1.82, 2.24) is 20.2 Å². The molecule has 0 saturated carbocycles. The molecule has 15 heavy (non-hydrogen) atoms. The normalized spacial score (nSPS) is 10.3. The molecule has 6 nitrogen and oxygen atoms in total. The summed E-state index contributed by atoms with van der Waals surface area (Å²) in [6.07, 6.45) is 0. The van der Waals surface area contributed by atoms with Crippen LogP contribution >= 0.6 is 0 Å². The Morgan fingerprint density at radius 3 is 2.87 bits per heavy atom. The van der Waals surface area contributed by atoms with E-state index in [0.717, 1.165) is 0 Å². The van der Waals surface area contributed by atoms with Crippen LogP contribution in [0.2, 0.25) is 0 Å². The minimum Gasteiger partial charge on any atom is -0.423 e. The van der Waals surface area contributed by atoms with Gasteiger partial charge in [-0.15, -0.1) is 0 Å². The Bertz CT molecular complexity index is 455. The van der Waals surface area contributed by atoms with Crippen molar-refractivity contribution < 1.29 is 9.84 Å². The summed E-state index contributed by atoms with van der Waals surface area (Å²) in [5, 5.41) is 19.8. The van der Waals surface area contributed by atoms with Crippen molar-refractivity contribution in [2.24, 2.45) is 7.05 Å². The van der Waals surface area contributed by atoms with Crippen LogP contribution in [0.4, 0.5) is 0 Å². The Hall–Kier alpha value is -1.95. The van der Waals surface area contributed by atoms with Gasteiger partial charge in [-0.05, 0) is 16.5 Å². The molecular weight excluding hydrogens is 196 g/mol. The first-order valence-corrected chi connectivity index (χ1v) is 4.40. The van der Waals surface area contributed by atoms with Crippen LogP contribution in [-0.2, 0) is 13.7 Å². The van der Waals surface area contributed by atoms with Gasteiger partial charge in [-0.2, -0.15) is 4.68 Å². The third-order valence-electron chi connectivity index (χ3n) is 1.93. The molecule has 0 saturated heterocycles. The maximum Gasteiger partial charge on any atom is 0.340 e. The molecule has 2 rings (SSSR count). The number of hydrogen-bond acceptors (Lipinski definition) is 5. The second kappa shape index (κ2) is 4.05. The zero-order valence-corrected chi connectivity index (χ0v) is 8.16. The van der Waals surface area contributed by atoms with E-state index < -0.39 is 0 Å². The van der Waals surface area contributed by atoms with Gasteiger partial charge in [0, 0.05) is 12.6 Å². The van der Waals surface area contributed by atoms with E-state index in [2.05, 4.69) is 15.5 Å². The van der Waals surface area contributed by atoms with E-state index in [9.17, 15) is 0 Å². The average molecular weight is 206 g/mol. The van der Waals surface area contributed by atoms with Gasteiger partial charge in [0.15, 0.2) is 0 Å². The Balaban J connectivity index is 2.28. The van der Waals surface area contributed by atoms with Gasteiger partial charge in [-0.3, -0.25) is 0 Å². The van der Waals surface area contributed by atoms with Gasteiger partial charge < -0.3 is 9.84 Å². The van der Waals surface area contributed by atoms with Crippen LogP contribution in [0.3, 0.4) is 0 Å². The topological polar surface area (TPSA) is 73.1 Å². The van der Waals surface area contributed by atoms with Gasteiger partial charge in [-0.25, -0.2) is 0 Å². The number of aryl methyl sites for hydroxylation is 1. The Morgan fingerprint density at radius 1 is 1.40 bits per heavy atom. The molecule has 0 bridgehead atoms. The smallest absolute Gasteiger partial charge is 0.340 e. The molecular formula is C9H10N4O2. The molecule has 78 valence electrons. The standard InChI is InChI=1S/C9H10N4O2/c1-13-9(10-11-12-13)15-8-5-3-2-4-7(8)6-14/h2-5,14H,6H2,1H3. The quantitative estimate of drug-likeness (QED) is 0.791. The van der Waals surface area contributed by atoms with E-state index >= 15 is 0 Å². The lowest BCUT2D eigenvalue weighted by atomic mass is 10.2. The lowest BCUT2D eigenvalue weighted by molar-refractivity contribution is 0.275. The Kier molecular flexibility index (Phi) is 2.59. The van der Waals surface area contributed by atoms with E-state index in [4.69, 9.17) is 9.84 Å². The van der Waals surface area contributed by atoms with Crippen LogP contribution < -0.4 is 4.74 Å². The average Bonchev–Trinajstić information content (AvgIpc) is 2.65. The third kappa shape index (κ3) is 1.94. The number of ether oxygens (including phenoxy) is 1. The summed E-state index contributed by atoms with van der Waals surface area (Å²) in [6.45, 7) is -0.0819. The lowest BCUT2D eigenvalue weighted by Gasteiger charge is -2.06. The summed E-state index contributed by atoms with van der Waals surface area (Å²) < 4.78 is 6.85. The SMILES string of the molecule is Cn1nnnc1Oc1ccccc1CO. The highest BCUT2D eigenvalue weighted by Crippen LogP contribution is 2.22. The minimum atomic E-state index is -0.0819. The zero-order chi connectivity index (χ0) is 10.7. The summed E-state index contributed by atoms with van der Waals surface area (Å²) in [4.78, 5) is 0. The first kappa shape index (κ1) is 9.60. The van der Waals surface area contributed by atoms with E-state index in [0.29, 0.717) is 11.3 Å². The number of tetrazole rings is 1. The number of aliphatic hydroxyl groups excluding tert-OH is 1. The summed E-state index contributed by atoms with van der Waals surface area (Å²) >= 11 is 0. The second-order valence-corrected chi connectivity index (χ2v) is 2.95. The summed E-state index contributed by atoms with van der Waals surface area (Å²) in [5.74, 6) is 0.554. The maximum absolute atomic E-state index is 9.08. The van der Waals surface area contributed by atoms with Crippen LogP contribution in [0.25, 0.3) is 0 Å². The largest absolute Gasteiger partial charge is 0.423 e. The molecule has 0 amide bonds. The first-order valence-electron chi connectivity index (χ1n) is 4.40. The van der Waals surface area contributed by atoms with Gasteiger partial charge in [0.2, 0.25) is 0 Å². The lowest BCUT2D eigenvalue weighted by Crippen LogP contribution is -1.98. The molecule has 0 unspecified atom stereocenters. The molecule has 1 aromatic heterocycles. The molecule has 1 N–H and O–H groups in total. The highest BCUT2D eigenvalue weighted by Gasteiger charge is 2.07. The monoisotopic (exact) mass is 206 g/mol. The summed E-state index contributed by atoms with van der Waals surface area (Å²) in [5.41, 5.74) is 0.695.